The number of amides is 3. The van der Waals surface area contributed by atoms with Gasteiger partial charge in [-0.25, -0.2) is 0 Å². The summed E-state index contributed by atoms with van der Waals surface area (Å²) in [5.41, 5.74) is 6.14. The van der Waals surface area contributed by atoms with Crippen LogP contribution in [0.4, 0.5) is 0 Å². The predicted octanol–water partition coefficient (Wildman–Crippen LogP) is 0.865. The molecular weight excluding hydrogens is 318 g/mol. The van der Waals surface area contributed by atoms with E-state index in [2.05, 4.69) is 5.32 Å². The van der Waals surface area contributed by atoms with Gasteiger partial charge in [-0.05, 0) is 30.5 Å². The van der Waals surface area contributed by atoms with Gasteiger partial charge in [-0.2, -0.15) is 0 Å². The van der Waals surface area contributed by atoms with Gasteiger partial charge >= 0.3 is 0 Å². The third-order valence-corrected chi connectivity index (χ3v) is 4.09. The van der Waals surface area contributed by atoms with Crippen molar-refractivity contribution in [2.24, 2.45) is 5.73 Å². The van der Waals surface area contributed by atoms with Gasteiger partial charge in [0.05, 0.1) is 6.42 Å². The number of nitrogens with two attached hydrogens (primary N) is 1. The molecule has 0 aliphatic carbocycles. The normalized spacial score (nSPS) is 17.1. The van der Waals surface area contributed by atoms with Crippen molar-refractivity contribution in [1.29, 1.82) is 0 Å². The van der Waals surface area contributed by atoms with E-state index in [9.17, 15) is 14.4 Å². The van der Waals surface area contributed by atoms with E-state index in [1.54, 1.807) is 24.3 Å². The number of likely N-dealkylation sites (tertiary alicyclic amines) is 1. The van der Waals surface area contributed by atoms with Crippen LogP contribution in [0.5, 0.6) is 0 Å². The van der Waals surface area contributed by atoms with Crippen molar-refractivity contribution in [2.45, 2.75) is 31.7 Å². The van der Waals surface area contributed by atoms with E-state index in [-0.39, 0.29) is 31.2 Å². The van der Waals surface area contributed by atoms with Crippen molar-refractivity contribution >= 4 is 29.3 Å². The number of carbonyl (C=O) groups is 3. The van der Waals surface area contributed by atoms with Crippen molar-refractivity contribution in [3.05, 3.63) is 34.9 Å². The summed E-state index contributed by atoms with van der Waals surface area (Å²) in [5, 5.41) is 3.33. The van der Waals surface area contributed by atoms with Crippen LogP contribution in [0.25, 0.3) is 0 Å². The van der Waals surface area contributed by atoms with Crippen LogP contribution in [0, 0.1) is 0 Å². The second-order valence-corrected chi connectivity index (χ2v) is 5.99. The quantitative estimate of drug-likeness (QED) is 0.806. The lowest BCUT2D eigenvalue weighted by Gasteiger charge is -2.22. The molecule has 3 amide bonds. The molecule has 1 aromatic carbocycles. The zero-order valence-electron chi connectivity index (χ0n) is 12.8. The number of primary amides is 1. The van der Waals surface area contributed by atoms with Crippen molar-refractivity contribution in [3.63, 3.8) is 0 Å². The molecule has 0 saturated carbocycles. The first-order chi connectivity index (χ1) is 11.0. The summed E-state index contributed by atoms with van der Waals surface area (Å²) in [7, 11) is 0. The Balaban J connectivity index is 1.73. The number of hydrogen-bond acceptors (Lipinski definition) is 3. The summed E-state index contributed by atoms with van der Waals surface area (Å²) in [5.74, 6) is -0.784. The van der Waals surface area contributed by atoms with Crippen LogP contribution >= 0.6 is 11.6 Å². The Morgan fingerprint density at radius 3 is 2.61 bits per heavy atom. The Morgan fingerprint density at radius 2 is 1.96 bits per heavy atom. The summed E-state index contributed by atoms with van der Waals surface area (Å²) in [4.78, 5) is 36.7. The summed E-state index contributed by atoms with van der Waals surface area (Å²) in [6, 6.07) is 6.52. The van der Waals surface area contributed by atoms with E-state index in [0.29, 0.717) is 18.0 Å². The maximum atomic E-state index is 12.1. The van der Waals surface area contributed by atoms with Gasteiger partial charge in [0.1, 0.15) is 6.04 Å². The molecule has 1 unspecified atom stereocenters. The third kappa shape index (κ3) is 4.96. The van der Waals surface area contributed by atoms with Crippen molar-refractivity contribution in [2.75, 3.05) is 13.1 Å². The molecule has 0 radical (unpaired) electrons. The van der Waals surface area contributed by atoms with Gasteiger partial charge in [-0.1, -0.05) is 23.7 Å². The Morgan fingerprint density at radius 1 is 1.26 bits per heavy atom. The lowest BCUT2D eigenvalue weighted by molar-refractivity contribution is -0.137. The number of nitrogens with zero attached hydrogens (tertiary/aromatic N) is 1. The molecule has 0 aromatic heterocycles. The molecule has 1 aliphatic heterocycles. The molecule has 23 heavy (non-hydrogen) atoms. The van der Waals surface area contributed by atoms with Gasteiger partial charge in [0.2, 0.25) is 17.7 Å². The molecule has 7 heteroatoms. The number of hydrogen-bond donors (Lipinski definition) is 2. The second kappa shape index (κ2) is 7.97. The highest BCUT2D eigenvalue weighted by molar-refractivity contribution is 6.30. The van der Waals surface area contributed by atoms with Crippen LogP contribution in [-0.2, 0) is 20.8 Å². The highest BCUT2D eigenvalue weighted by Crippen LogP contribution is 2.17. The molecule has 0 bridgehead atoms. The molecule has 1 aromatic rings. The zero-order chi connectivity index (χ0) is 16.8. The average molecular weight is 338 g/mol. The number of nitrogens with one attached hydrogen (secondary N) is 1. The molecule has 2 rings (SSSR count). The highest BCUT2D eigenvalue weighted by atomic mass is 35.5. The summed E-state index contributed by atoms with van der Waals surface area (Å²) in [6.07, 6.45) is 1.79. The fourth-order valence-electron chi connectivity index (χ4n) is 2.66. The van der Waals surface area contributed by atoms with Crippen molar-refractivity contribution < 1.29 is 14.4 Å². The van der Waals surface area contributed by atoms with Crippen molar-refractivity contribution in [1.82, 2.24) is 10.2 Å². The Hall–Kier alpha value is -2.08. The Labute approximate surface area is 140 Å². The average Bonchev–Trinajstić information content (AvgIpc) is 2.99. The van der Waals surface area contributed by atoms with E-state index in [1.807, 2.05) is 0 Å². The van der Waals surface area contributed by atoms with Gasteiger partial charge in [-0.3, -0.25) is 14.4 Å². The molecule has 3 N–H and O–H groups in total. The molecule has 1 aliphatic rings. The molecule has 1 heterocycles. The highest BCUT2D eigenvalue weighted by Gasteiger charge is 2.32. The molecule has 1 fully saturated rings. The molecule has 1 atom stereocenters. The predicted molar refractivity (Wildman–Crippen MR) is 86.7 cm³/mol. The van der Waals surface area contributed by atoms with Gasteiger partial charge in [-0.15, -0.1) is 0 Å². The first-order valence-electron chi connectivity index (χ1n) is 7.57. The third-order valence-electron chi connectivity index (χ3n) is 3.84. The summed E-state index contributed by atoms with van der Waals surface area (Å²) < 4.78 is 0. The lowest BCUT2D eigenvalue weighted by atomic mass is 10.1. The number of halogens is 1. The van der Waals surface area contributed by atoms with Crippen molar-refractivity contribution in [3.8, 4) is 0 Å². The van der Waals surface area contributed by atoms with Crippen LogP contribution in [-0.4, -0.2) is 41.8 Å². The fourth-order valence-corrected chi connectivity index (χ4v) is 2.79. The summed E-state index contributed by atoms with van der Waals surface area (Å²) in [6.45, 7) is 0.790. The fraction of sp³-hybridized carbons (Fsp3) is 0.438. The van der Waals surface area contributed by atoms with Crippen LogP contribution in [0.3, 0.4) is 0 Å². The molecular formula is C16H20ClN3O3. The monoisotopic (exact) mass is 337 g/mol. The molecule has 124 valence electrons. The molecule has 0 spiro atoms. The van der Waals surface area contributed by atoms with Gasteiger partial charge in [0.25, 0.3) is 0 Å². The van der Waals surface area contributed by atoms with Crippen LogP contribution in [0.15, 0.2) is 24.3 Å². The van der Waals surface area contributed by atoms with E-state index in [0.717, 1.165) is 12.0 Å². The van der Waals surface area contributed by atoms with E-state index in [1.165, 1.54) is 4.90 Å². The van der Waals surface area contributed by atoms with Gasteiger partial charge in [0, 0.05) is 24.5 Å². The second-order valence-electron chi connectivity index (χ2n) is 5.55. The largest absolute Gasteiger partial charge is 0.368 e. The van der Waals surface area contributed by atoms with E-state index in [4.69, 9.17) is 17.3 Å². The maximum absolute atomic E-state index is 12.1. The van der Waals surface area contributed by atoms with E-state index >= 15 is 0 Å². The number of carbonyl (C=O) groups excluding carboxylic acids is 3. The Kier molecular flexibility index (Phi) is 5.98. The minimum atomic E-state index is -0.507. The number of rotatable bonds is 6. The van der Waals surface area contributed by atoms with Gasteiger partial charge in [0.15, 0.2) is 0 Å². The SMILES string of the molecule is NC(=O)C1CCCN1C(=O)CCNC(=O)Cc1ccc(Cl)cc1. The van der Waals surface area contributed by atoms with Crippen LogP contribution in [0.1, 0.15) is 24.8 Å². The Bertz CT molecular complexity index is 589. The molecule has 6 nitrogen and oxygen atoms in total. The molecule has 1 saturated heterocycles. The number of benzene rings is 1. The maximum Gasteiger partial charge on any atom is 0.240 e. The van der Waals surface area contributed by atoms with E-state index < -0.39 is 11.9 Å². The lowest BCUT2D eigenvalue weighted by Crippen LogP contribution is -2.44. The first kappa shape index (κ1) is 17.3. The zero-order valence-corrected chi connectivity index (χ0v) is 13.5. The topological polar surface area (TPSA) is 92.5 Å². The minimum absolute atomic E-state index is 0.155. The smallest absolute Gasteiger partial charge is 0.240 e. The summed E-state index contributed by atoms with van der Waals surface area (Å²) >= 11 is 5.79. The minimum Gasteiger partial charge on any atom is -0.368 e. The standard InChI is InChI=1S/C16H20ClN3O3/c17-12-5-3-11(4-6-12)10-14(21)19-8-7-15(22)20-9-1-2-13(20)16(18)23/h3-6,13H,1-2,7-10H2,(H2,18,23)(H,19,21). The van der Waals surface area contributed by atoms with Gasteiger partial charge < -0.3 is 16.0 Å². The van der Waals surface area contributed by atoms with Crippen LogP contribution < -0.4 is 11.1 Å². The first-order valence-corrected chi connectivity index (χ1v) is 7.95. The van der Waals surface area contributed by atoms with Crippen LogP contribution in [0.2, 0.25) is 5.02 Å².